The molecule has 0 bridgehead atoms. The van der Waals surface area contributed by atoms with Crippen LogP contribution in [0.25, 0.3) is 0 Å². The number of ether oxygens (including phenoxy) is 3. The number of benzene rings is 2. The monoisotopic (exact) mass is 518 g/mol. The molecule has 0 spiro atoms. The van der Waals surface area contributed by atoms with Crippen molar-refractivity contribution in [3.05, 3.63) is 53.6 Å². The molecule has 2 N–H and O–H groups in total. The fourth-order valence-electron chi connectivity index (χ4n) is 4.62. The number of aliphatic hydroxyl groups excluding tert-OH is 1. The van der Waals surface area contributed by atoms with Crippen molar-refractivity contribution < 1.29 is 37.7 Å². The lowest BCUT2D eigenvalue weighted by molar-refractivity contribution is -0.286. The molecule has 2 aliphatic rings. The van der Waals surface area contributed by atoms with Crippen molar-refractivity contribution in [3.63, 3.8) is 0 Å². The lowest BCUT2D eigenvalue weighted by Crippen LogP contribution is -2.46. The zero-order chi connectivity index (χ0) is 26.4. The first-order valence-electron chi connectivity index (χ1n) is 12.5. The van der Waals surface area contributed by atoms with Crippen molar-refractivity contribution in [2.45, 2.75) is 57.0 Å². The second-order valence-corrected chi connectivity index (χ2v) is 9.36. The molecule has 1 fully saturated rings. The van der Waals surface area contributed by atoms with Gasteiger partial charge in [-0.2, -0.15) is 0 Å². The third-order valence-corrected chi connectivity index (χ3v) is 6.62. The number of carbonyl (C=O) groups excluding carboxylic acids is 2. The van der Waals surface area contributed by atoms with Gasteiger partial charge in [0.25, 0.3) is 0 Å². The molecular weight excluding hydrogens is 486 g/mol. The number of ketones is 1. The number of hydrogen-bond acceptors (Lipinski definition) is 7. The smallest absolute Gasteiger partial charge is 0.497 e. The van der Waals surface area contributed by atoms with Gasteiger partial charge in [-0.05, 0) is 80.7 Å². The van der Waals surface area contributed by atoms with E-state index in [1.54, 1.807) is 31.4 Å². The van der Waals surface area contributed by atoms with Gasteiger partial charge in [0.05, 0.1) is 13.2 Å². The lowest BCUT2D eigenvalue weighted by atomic mass is 10.0. The second kappa shape index (κ2) is 11.9. The average molecular weight is 519 g/mol. The number of carbonyl (C=O) groups is 2. The molecule has 8 nitrogen and oxygen atoms in total. The van der Waals surface area contributed by atoms with Gasteiger partial charge in [0.1, 0.15) is 11.9 Å². The minimum Gasteiger partial charge on any atom is -0.497 e. The predicted molar refractivity (Wildman–Crippen MR) is 131 cm³/mol. The Hall–Kier alpha value is -3.24. The number of halogens is 2. The van der Waals surface area contributed by atoms with E-state index < -0.39 is 18.4 Å². The van der Waals surface area contributed by atoms with Crippen LogP contribution in [-0.4, -0.2) is 60.8 Å². The van der Waals surface area contributed by atoms with Gasteiger partial charge in [-0.3, -0.25) is 9.59 Å². The van der Waals surface area contributed by atoms with Gasteiger partial charge in [0.2, 0.25) is 5.91 Å². The molecule has 0 unspecified atom stereocenters. The van der Waals surface area contributed by atoms with E-state index in [2.05, 4.69) is 19.7 Å². The fourth-order valence-corrected chi connectivity index (χ4v) is 4.62. The zero-order valence-electron chi connectivity index (χ0n) is 20.8. The van der Waals surface area contributed by atoms with E-state index in [4.69, 9.17) is 4.74 Å². The van der Waals surface area contributed by atoms with E-state index in [-0.39, 0.29) is 29.6 Å². The van der Waals surface area contributed by atoms with Crippen molar-refractivity contribution in [2.24, 2.45) is 0 Å². The normalized spacial score (nSPS) is 17.8. The second-order valence-electron chi connectivity index (χ2n) is 9.36. The van der Waals surface area contributed by atoms with Crippen LogP contribution in [0.5, 0.6) is 17.2 Å². The Bertz CT molecular complexity index is 1090. The Labute approximate surface area is 214 Å². The van der Waals surface area contributed by atoms with Gasteiger partial charge in [-0.15, -0.1) is 8.78 Å². The van der Waals surface area contributed by atoms with Gasteiger partial charge in [-0.25, -0.2) is 0 Å². The predicted octanol–water partition coefficient (Wildman–Crippen LogP) is 4.07. The molecular formula is C27H32F2N2O6. The number of methoxy groups -OCH3 is 1. The Balaban J connectivity index is 1.31. The van der Waals surface area contributed by atoms with E-state index >= 15 is 0 Å². The van der Waals surface area contributed by atoms with Gasteiger partial charge in [0.15, 0.2) is 17.3 Å². The number of unbranched alkanes of at least 4 members (excludes halogenated alkanes) is 1. The van der Waals surface area contributed by atoms with Crippen LogP contribution in [0.1, 0.15) is 60.6 Å². The van der Waals surface area contributed by atoms with Crippen LogP contribution in [0, 0.1) is 0 Å². The number of amides is 1. The molecule has 1 amide bonds. The van der Waals surface area contributed by atoms with Crippen LogP contribution in [0.2, 0.25) is 0 Å². The number of aliphatic hydroxyl groups is 1. The average Bonchev–Trinajstić information content (AvgIpc) is 3.50. The molecule has 10 heteroatoms. The molecule has 2 aromatic carbocycles. The molecule has 2 aliphatic heterocycles. The van der Waals surface area contributed by atoms with E-state index in [0.717, 1.165) is 25.9 Å². The summed E-state index contributed by atoms with van der Waals surface area (Å²) < 4.78 is 40.8. The molecule has 0 saturated carbocycles. The quantitative estimate of drug-likeness (QED) is 0.323. The molecule has 0 radical (unpaired) electrons. The molecule has 2 aromatic rings. The molecule has 200 valence electrons. The highest BCUT2D eigenvalue weighted by Crippen LogP contribution is 2.42. The number of hydrogen-bond donors (Lipinski definition) is 2. The number of fused-ring (bicyclic) bond motifs is 1. The van der Waals surface area contributed by atoms with Gasteiger partial charge < -0.3 is 29.5 Å². The summed E-state index contributed by atoms with van der Waals surface area (Å²) >= 11 is 0. The van der Waals surface area contributed by atoms with Crippen LogP contribution >= 0.6 is 0 Å². The molecule has 2 heterocycles. The van der Waals surface area contributed by atoms with Crippen LogP contribution < -0.4 is 19.5 Å². The third-order valence-electron chi connectivity index (χ3n) is 6.62. The third kappa shape index (κ3) is 7.17. The van der Waals surface area contributed by atoms with Gasteiger partial charge in [-0.1, -0.05) is 6.07 Å². The minimum atomic E-state index is -3.75. The molecule has 1 saturated heterocycles. The van der Waals surface area contributed by atoms with Crippen LogP contribution in [-0.2, 0) is 4.79 Å². The summed E-state index contributed by atoms with van der Waals surface area (Å²) in [5.74, 6) is 0.170. The summed E-state index contributed by atoms with van der Waals surface area (Å²) in [6, 6.07) is 10.4. The number of Topliss-reactive ketones (excluding diaryl/α,β-unsaturated/α-hetero) is 1. The summed E-state index contributed by atoms with van der Waals surface area (Å²) in [5.41, 5.74) is 0.940. The first kappa shape index (κ1) is 26.8. The highest BCUT2D eigenvalue weighted by atomic mass is 19.3. The summed E-state index contributed by atoms with van der Waals surface area (Å²) in [6.07, 6.45) is -1.22. The standard InChI is InChI=1S/C27H32F2N2O6/c1-35-20-11-8-18(9-12-20)22(32)6-2-3-7-25(33)30-21(17-31-14-4-5-15-31)26(34)19-10-13-23-24(16-19)37-27(28,29)36-23/h8-13,16,21,26,34H,2-7,14-15,17H2,1H3,(H,30,33)/t21-,26-/m1/s1. The lowest BCUT2D eigenvalue weighted by Gasteiger charge is -2.29. The van der Waals surface area contributed by atoms with Crippen molar-refractivity contribution >= 4 is 11.7 Å². The van der Waals surface area contributed by atoms with Gasteiger partial charge >= 0.3 is 6.29 Å². The van der Waals surface area contributed by atoms with Crippen molar-refractivity contribution in [3.8, 4) is 17.2 Å². The highest BCUT2D eigenvalue weighted by molar-refractivity contribution is 5.96. The van der Waals surface area contributed by atoms with Gasteiger partial charge in [0, 0.05) is 24.9 Å². The number of rotatable bonds is 12. The largest absolute Gasteiger partial charge is 0.586 e. The molecule has 0 aromatic heterocycles. The van der Waals surface area contributed by atoms with Crippen LogP contribution in [0.15, 0.2) is 42.5 Å². The van der Waals surface area contributed by atoms with Crippen LogP contribution in [0.3, 0.4) is 0 Å². The summed E-state index contributed by atoms with van der Waals surface area (Å²) in [5, 5.41) is 14.0. The number of likely N-dealkylation sites (tertiary alicyclic amines) is 1. The van der Waals surface area contributed by atoms with E-state index in [1.807, 2.05) is 0 Å². The SMILES string of the molecule is COc1ccc(C(=O)CCCCC(=O)N[C@H](CN2CCCC2)[C@H](O)c2ccc3c(c2)OC(F)(F)O3)cc1. The number of alkyl halides is 2. The van der Waals surface area contributed by atoms with E-state index in [0.29, 0.717) is 42.7 Å². The maximum absolute atomic E-state index is 13.4. The van der Waals surface area contributed by atoms with E-state index in [9.17, 15) is 23.5 Å². The summed E-state index contributed by atoms with van der Waals surface area (Å²) in [7, 11) is 1.56. The first-order valence-corrected chi connectivity index (χ1v) is 12.5. The number of nitrogens with zero attached hydrogens (tertiary/aromatic N) is 1. The molecule has 0 aliphatic carbocycles. The highest BCUT2D eigenvalue weighted by Gasteiger charge is 2.43. The summed E-state index contributed by atoms with van der Waals surface area (Å²) in [6.45, 7) is 2.15. The summed E-state index contributed by atoms with van der Waals surface area (Å²) in [4.78, 5) is 27.3. The maximum Gasteiger partial charge on any atom is 0.586 e. The maximum atomic E-state index is 13.4. The number of nitrogens with one attached hydrogen (secondary N) is 1. The van der Waals surface area contributed by atoms with Crippen LogP contribution in [0.4, 0.5) is 8.78 Å². The molecule has 37 heavy (non-hydrogen) atoms. The van der Waals surface area contributed by atoms with Crippen molar-refractivity contribution in [2.75, 3.05) is 26.7 Å². The zero-order valence-corrected chi connectivity index (χ0v) is 20.8. The van der Waals surface area contributed by atoms with Crippen molar-refractivity contribution in [1.29, 1.82) is 0 Å². The Kier molecular flexibility index (Phi) is 8.60. The molecule has 4 rings (SSSR count). The Morgan fingerprint density at radius 3 is 2.43 bits per heavy atom. The first-order chi connectivity index (χ1) is 17.7. The van der Waals surface area contributed by atoms with Crippen molar-refractivity contribution in [1.82, 2.24) is 10.2 Å². The van der Waals surface area contributed by atoms with E-state index in [1.165, 1.54) is 18.2 Å². The topological polar surface area (TPSA) is 97.3 Å². The minimum absolute atomic E-state index is 0.00113. The molecule has 2 atom stereocenters. The fraction of sp³-hybridized carbons (Fsp3) is 0.481. The Morgan fingerprint density at radius 2 is 1.73 bits per heavy atom. The Morgan fingerprint density at radius 1 is 1.05 bits per heavy atom.